The summed E-state index contributed by atoms with van der Waals surface area (Å²) in [5.41, 5.74) is 2.61. The van der Waals surface area contributed by atoms with Crippen LogP contribution in [0.3, 0.4) is 0 Å². The molecule has 0 aliphatic rings. The van der Waals surface area contributed by atoms with Crippen LogP contribution in [0.5, 0.6) is 5.75 Å². The number of methoxy groups -OCH3 is 1. The number of allylic oxidation sites excluding steroid dienone is 1. The van der Waals surface area contributed by atoms with Gasteiger partial charge in [0.05, 0.1) is 7.11 Å². The monoisotopic (exact) mass is 233 g/mol. The lowest BCUT2D eigenvalue weighted by atomic mass is 10.1. The molecule has 0 aliphatic heterocycles. The van der Waals surface area contributed by atoms with Crippen molar-refractivity contribution in [2.75, 3.05) is 13.7 Å². The van der Waals surface area contributed by atoms with E-state index in [1.54, 1.807) is 7.11 Å². The number of rotatable bonds is 6. The van der Waals surface area contributed by atoms with Gasteiger partial charge in [-0.3, -0.25) is 0 Å². The Balaban J connectivity index is 2.50. The molecule has 0 aliphatic carbocycles. The minimum Gasteiger partial charge on any atom is -0.496 e. The van der Waals surface area contributed by atoms with Crippen LogP contribution in [-0.2, 0) is 6.42 Å². The topological polar surface area (TPSA) is 21.3 Å². The van der Waals surface area contributed by atoms with Gasteiger partial charge in [-0.2, -0.15) is 0 Å². The normalized spacial score (nSPS) is 12.0. The van der Waals surface area contributed by atoms with Crippen LogP contribution in [0.2, 0.25) is 0 Å². The average Bonchev–Trinajstić information content (AvgIpc) is 2.29. The van der Waals surface area contributed by atoms with E-state index in [1.807, 2.05) is 12.1 Å². The Hall–Kier alpha value is -1.28. The summed E-state index contributed by atoms with van der Waals surface area (Å²) in [4.78, 5) is 0. The van der Waals surface area contributed by atoms with Crippen molar-refractivity contribution >= 4 is 0 Å². The Morgan fingerprint density at radius 2 is 2.06 bits per heavy atom. The van der Waals surface area contributed by atoms with E-state index in [0.717, 1.165) is 18.7 Å². The first-order chi connectivity index (χ1) is 8.13. The van der Waals surface area contributed by atoms with Gasteiger partial charge in [-0.15, -0.1) is 0 Å². The van der Waals surface area contributed by atoms with E-state index in [2.05, 4.69) is 44.3 Å². The van der Waals surface area contributed by atoms with Crippen molar-refractivity contribution < 1.29 is 4.74 Å². The van der Waals surface area contributed by atoms with Crippen LogP contribution in [0.4, 0.5) is 0 Å². The number of hydrogen-bond acceptors (Lipinski definition) is 2. The lowest BCUT2D eigenvalue weighted by Gasteiger charge is -2.14. The van der Waals surface area contributed by atoms with Crippen LogP contribution < -0.4 is 10.1 Å². The Morgan fingerprint density at radius 3 is 2.71 bits per heavy atom. The molecule has 17 heavy (non-hydrogen) atoms. The Morgan fingerprint density at radius 1 is 1.35 bits per heavy atom. The standard InChI is InChI=1S/C15H23NO/c1-12(2)9-10-16-13(3)11-14-7-5-6-8-15(14)17-4/h5-9,13,16H,10-11H2,1-4H3. The lowest BCUT2D eigenvalue weighted by molar-refractivity contribution is 0.406. The van der Waals surface area contributed by atoms with Crippen LogP contribution in [0.1, 0.15) is 26.3 Å². The van der Waals surface area contributed by atoms with E-state index < -0.39 is 0 Å². The first-order valence-corrected chi connectivity index (χ1v) is 6.12. The summed E-state index contributed by atoms with van der Waals surface area (Å²) in [6.07, 6.45) is 3.19. The Bertz CT molecular complexity index is 367. The zero-order valence-electron chi connectivity index (χ0n) is 11.3. The highest BCUT2D eigenvalue weighted by Gasteiger charge is 2.06. The summed E-state index contributed by atoms with van der Waals surface area (Å²) in [7, 11) is 1.72. The van der Waals surface area contributed by atoms with Crippen molar-refractivity contribution in [3.05, 3.63) is 41.5 Å². The SMILES string of the molecule is COc1ccccc1CC(C)NCC=C(C)C. The molecule has 0 saturated carbocycles. The van der Waals surface area contributed by atoms with Crippen LogP contribution >= 0.6 is 0 Å². The first-order valence-electron chi connectivity index (χ1n) is 6.12. The smallest absolute Gasteiger partial charge is 0.122 e. The van der Waals surface area contributed by atoms with E-state index in [9.17, 15) is 0 Å². The molecular formula is C15H23NO. The zero-order valence-corrected chi connectivity index (χ0v) is 11.3. The molecule has 0 aromatic heterocycles. The number of nitrogens with one attached hydrogen (secondary N) is 1. The summed E-state index contributed by atoms with van der Waals surface area (Å²) in [6.45, 7) is 7.36. The maximum absolute atomic E-state index is 5.35. The summed E-state index contributed by atoms with van der Waals surface area (Å²) in [5.74, 6) is 0.975. The molecule has 0 saturated heterocycles. The highest BCUT2D eigenvalue weighted by Crippen LogP contribution is 2.18. The average molecular weight is 233 g/mol. The highest BCUT2D eigenvalue weighted by molar-refractivity contribution is 5.33. The molecule has 1 unspecified atom stereocenters. The van der Waals surface area contributed by atoms with Crippen molar-refractivity contribution in [2.45, 2.75) is 33.2 Å². The first kappa shape index (κ1) is 13.8. The molecule has 1 aromatic rings. The molecule has 1 atom stereocenters. The molecule has 1 N–H and O–H groups in total. The maximum atomic E-state index is 5.35. The van der Waals surface area contributed by atoms with Crippen molar-refractivity contribution in [1.82, 2.24) is 5.32 Å². The van der Waals surface area contributed by atoms with Gasteiger partial charge in [-0.1, -0.05) is 29.8 Å². The van der Waals surface area contributed by atoms with E-state index >= 15 is 0 Å². The van der Waals surface area contributed by atoms with E-state index in [1.165, 1.54) is 11.1 Å². The second-order valence-electron chi connectivity index (χ2n) is 4.61. The van der Waals surface area contributed by atoms with E-state index in [4.69, 9.17) is 4.74 Å². The molecule has 0 heterocycles. The molecule has 1 rings (SSSR count). The second-order valence-corrected chi connectivity index (χ2v) is 4.61. The van der Waals surface area contributed by atoms with Crippen molar-refractivity contribution in [3.8, 4) is 5.75 Å². The number of hydrogen-bond donors (Lipinski definition) is 1. The third kappa shape index (κ3) is 5.05. The summed E-state index contributed by atoms with van der Waals surface area (Å²) >= 11 is 0. The van der Waals surface area contributed by atoms with Crippen LogP contribution in [0, 0.1) is 0 Å². The van der Waals surface area contributed by atoms with Gasteiger partial charge in [0.1, 0.15) is 5.75 Å². The molecule has 0 radical (unpaired) electrons. The summed E-state index contributed by atoms with van der Waals surface area (Å²) < 4.78 is 5.35. The van der Waals surface area contributed by atoms with Gasteiger partial charge < -0.3 is 10.1 Å². The molecule has 1 aromatic carbocycles. The fraction of sp³-hybridized carbons (Fsp3) is 0.467. The predicted molar refractivity (Wildman–Crippen MR) is 73.6 cm³/mol. The number of ether oxygens (including phenoxy) is 1. The summed E-state index contributed by atoms with van der Waals surface area (Å²) in [5, 5.41) is 3.48. The van der Waals surface area contributed by atoms with Gasteiger partial charge in [0.15, 0.2) is 0 Å². The number of benzene rings is 1. The minimum atomic E-state index is 0.446. The van der Waals surface area contributed by atoms with Crippen molar-refractivity contribution in [2.24, 2.45) is 0 Å². The third-order valence-electron chi connectivity index (χ3n) is 2.70. The van der Waals surface area contributed by atoms with Crippen LogP contribution in [0.15, 0.2) is 35.9 Å². The maximum Gasteiger partial charge on any atom is 0.122 e. The van der Waals surface area contributed by atoms with E-state index in [0.29, 0.717) is 6.04 Å². The van der Waals surface area contributed by atoms with Crippen molar-refractivity contribution in [3.63, 3.8) is 0 Å². The molecule has 2 heteroatoms. The minimum absolute atomic E-state index is 0.446. The predicted octanol–water partition coefficient (Wildman–Crippen LogP) is 3.18. The molecule has 0 bridgehead atoms. The van der Waals surface area contributed by atoms with E-state index in [-0.39, 0.29) is 0 Å². The quantitative estimate of drug-likeness (QED) is 0.762. The molecule has 2 nitrogen and oxygen atoms in total. The Labute approximate surface area is 105 Å². The van der Waals surface area contributed by atoms with Gasteiger partial charge in [0, 0.05) is 12.6 Å². The van der Waals surface area contributed by atoms with Crippen LogP contribution in [-0.4, -0.2) is 19.7 Å². The molecular weight excluding hydrogens is 210 g/mol. The van der Waals surface area contributed by atoms with Crippen molar-refractivity contribution in [1.29, 1.82) is 0 Å². The molecule has 0 amide bonds. The molecule has 0 spiro atoms. The summed E-state index contributed by atoms with van der Waals surface area (Å²) in [6, 6.07) is 8.64. The number of para-hydroxylation sites is 1. The fourth-order valence-corrected chi connectivity index (χ4v) is 1.74. The molecule has 0 fully saturated rings. The van der Waals surface area contributed by atoms with Gasteiger partial charge >= 0.3 is 0 Å². The largest absolute Gasteiger partial charge is 0.496 e. The van der Waals surface area contributed by atoms with Gasteiger partial charge in [0.2, 0.25) is 0 Å². The zero-order chi connectivity index (χ0) is 12.7. The molecule has 94 valence electrons. The Kier molecular flexibility index (Phi) is 5.78. The second kappa shape index (κ2) is 7.13. The lowest BCUT2D eigenvalue weighted by Crippen LogP contribution is -2.28. The van der Waals surface area contributed by atoms with Gasteiger partial charge in [0.25, 0.3) is 0 Å². The fourth-order valence-electron chi connectivity index (χ4n) is 1.74. The van der Waals surface area contributed by atoms with Gasteiger partial charge in [-0.05, 0) is 38.8 Å². The highest BCUT2D eigenvalue weighted by atomic mass is 16.5. The van der Waals surface area contributed by atoms with Gasteiger partial charge in [-0.25, -0.2) is 0 Å². The third-order valence-corrected chi connectivity index (χ3v) is 2.70. The van der Waals surface area contributed by atoms with Crippen LogP contribution in [0.25, 0.3) is 0 Å².